The second-order valence-corrected chi connectivity index (χ2v) is 6.13. The van der Waals surface area contributed by atoms with Crippen molar-refractivity contribution in [2.24, 2.45) is 0 Å². The van der Waals surface area contributed by atoms with Gasteiger partial charge in [0, 0.05) is 20.6 Å². The molecule has 0 spiro atoms. The van der Waals surface area contributed by atoms with Gasteiger partial charge in [-0.1, -0.05) is 12.1 Å². The molecule has 0 aromatic heterocycles. The van der Waals surface area contributed by atoms with E-state index in [1.165, 1.54) is 20.2 Å². The molecule has 6 heteroatoms. The first-order chi connectivity index (χ1) is 8.41. The Morgan fingerprint density at radius 1 is 1.44 bits per heavy atom. The molecule has 0 unspecified atom stereocenters. The minimum atomic E-state index is -3.51. The predicted octanol–water partition coefficient (Wildman–Crippen LogP) is 1.51. The average Bonchev–Trinajstić information content (AvgIpc) is 2.31. The minimum absolute atomic E-state index is 0.121. The van der Waals surface area contributed by atoms with E-state index in [9.17, 15) is 8.42 Å². The molecule has 0 atom stereocenters. The molecule has 0 saturated heterocycles. The largest absolute Gasteiger partial charge is 0.396 e. The molecule has 0 amide bonds. The summed E-state index contributed by atoms with van der Waals surface area (Å²) in [5, 5.41) is 3.09. The van der Waals surface area contributed by atoms with Crippen LogP contribution in [0.1, 0.15) is 6.42 Å². The van der Waals surface area contributed by atoms with Gasteiger partial charge in [-0.05, 0) is 18.6 Å². The fourth-order valence-corrected chi connectivity index (χ4v) is 2.46. The molecule has 0 heterocycles. The molecule has 0 aliphatic rings. The highest BCUT2D eigenvalue weighted by atomic mass is 32.2. The van der Waals surface area contributed by atoms with Gasteiger partial charge in [-0.3, -0.25) is 0 Å². The van der Waals surface area contributed by atoms with Crippen molar-refractivity contribution in [1.29, 1.82) is 0 Å². The van der Waals surface area contributed by atoms with Crippen LogP contribution in [0.3, 0.4) is 0 Å². The van der Waals surface area contributed by atoms with Gasteiger partial charge >= 0.3 is 0 Å². The number of benzene rings is 1. The standard InChI is InChI=1S/C12H19N3O2S/c1-4-5-9-14-10-7-6-8-11(12(10)13)18(16,17)15(2)3/h4,6-8,14H,1,5,9,13H2,2-3H3. The zero-order valence-electron chi connectivity index (χ0n) is 10.7. The molecular formula is C12H19N3O2S. The van der Waals surface area contributed by atoms with E-state index in [0.29, 0.717) is 12.2 Å². The summed E-state index contributed by atoms with van der Waals surface area (Å²) in [7, 11) is -0.555. The fraction of sp³-hybridized carbons (Fsp3) is 0.333. The first-order valence-corrected chi connectivity index (χ1v) is 7.01. The molecule has 1 aromatic carbocycles. The lowest BCUT2D eigenvalue weighted by Gasteiger charge is -2.16. The van der Waals surface area contributed by atoms with Gasteiger partial charge in [0.15, 0.2) is 0 Å². The van der Waals surface area contributed by atoms with Crippen LogP contribution in [0.2, 0.25) is 0 Å². The first kappa shape index (κ1) is 14.5. The van der Waals surface area contributed by atoms with Gasteiger partial charge in [0.25, 0.3) is 0 Å². The maximum Gasteiger partial charge on any atom is 0.244 e. The number of hydrogen-bond donors (Lipinski definition) is 2. The molecular weight excluding hydrogens is 250 g/mol. The van der Waals surface area contributed by atoms with Gasteiger partial charge < -0.3 is 11.1 Å². The Morgan fingerprint density at radius 2 is 2.11 bits per heavy atom. The Balaban J connectivity index is 3.10. The fourth-order valence-electron chi connectivity index (χ4n) is 1.43. The molecule has 0 radical (unpaired) electrons. The molecule has 0 fully saturated rings. The monoisotopic (exact) mass is 269 g/mol. The van der Waals surface area contributed by atoms with Crippen LogP contribution in [0.5, 0.6) is 0 Å². The van der Waals surface area contributed by atoms with Crippen molar-refractivity contribution in [3.05, 3.63) is 30.9 Å². The normalized spacial score (nSPS) is 11.5. The van der Waals surface area contributed by atoms with Crippen LogP contribution in [0.4, 0.5) is 11.4 Å². The minimum Gasteiger partial charge on any atom is -0.396 e. The van der Waals surface area contributed by atoms with E-state index >= 15 is 0 Å². The molecule has 5 nitrogen and oxygen atoms in total. The highest BCUT2D eigenvalue weighted by Crippen LogP contribution is 2.28. The second-order valence-electron chi connectivity index (χ2n) is 4.01. The Bertz CT molecular complexity index is 524. The van der Waals surface area contributed by atoms with Crippen molar-refractivity contribution in [2.75, 3.05) is 31.7 Å². The Kier molecular flexibility index (Phi) is 4.75. The number of hydrogen-bond acceptors (Lipinski definition) is 4. The van der Waals surface area contributed by atoms with Crippen LogP contribution < -0.4 is 11.1 Å². The van der Waals surface area contributed by atoms with Gasteiger partial charge in [0.05, 0.1) is 11.4 Å². The highest BCUT2D eigenvalue weighted by Gasteiger charge is 2.21. The van der Waals surface area contributed by atoms with Crippen molar-refractivity contribution in [3.8, 4) is 0 Å². The summed E-state index contributed by atoms with van der Waals surface area (Å²) in [6.45, 7) is 4.29. The van der Waals surface area contributed by atoms with Crippen molar-refractivity contribution >= 4 is 21.4 Å². The van der Waals surface area contributed by atoms with Crippen LogP contribution in [0, 0.1) is 0 Å². The summed E-state index contributed by atoms with van der Waals surface area (Å²) < 4.78 is 25.2. The van der Waals surface area contributed by atoms with E-state index < -0.39 is 10.0 Å². The number of rotatable bonds is 6. The maximum atomic E-state index is 12.0. The van der Waals surface area contributed by atoms with E-state index in [-0.39, 0.29) is 10.6 Å². The summed E-state index contributed by atoms with van der Waals surface area (Å²) in [5.74, 6) is 0. The van der Waals surface area contributed by atoms with Crippen molar-refractivity contribution in [1.82, 2.24) is 4.31 Å². The number of nitrogen functional groups attached to an aromatic ring is 1. The Labute approximate surface area is 108 Å². The van der Waals surface area contributed by atoms with Crippen LogP contribution in [0.15, 0.2) is 35.7 Å². The Morgan fingerprint density at radius 3 is 2.67 bits per heavy atom. The van der Waals surface area contributed by atoms with E-state index in [1.807, 2.05) is 0 Å². The number of nitrogens with zero attached hydrogens (tertiary/aromatic N) is 1. The molecule has 0 bridgehead atoms. The SMILES string of the molecule is C=CCCNc1cccc(S(=O)(=O)N(C)C)c1N. The Hall–Kier alpha value is -1.53. The number of nitrogens with two attached hydrogens (primary N) is 1. The number of anilines is 2. The second kappa shape index (κ2) is 5.88. The van der Waals surface area contributed by atoms with Crippen molar-refractivity contribution < 1.29 is 8.42 Å². The van der Waals surface area contributed by atoms with Gasteiger partial charge in [-0.2, -0.15) is 0 Å². The van der Waals surface area contributed by atoms with E-state index in [1.54, 1.807) is 18.2 Å². The van der Waals surface area contributed by atoms with Crippen molar-refractivity contribution in [3.63, 3.8) is 0 Å². The topological polar surface area (TPSA) is 75.4 Å². The molecule has 0 saturated carbocycles. The van der Waals surface area contributed by atoms with Gasteiger partial charge in [0.1, 0.15) is 4.90 Å². The van der Waals surface area contributed by atoms with E-state index in [2.05, 4.69) is 11.9 Å². The molecule has 18 heavy (non-hydrogen) atoms. The lowest BCUT2D eigenvalue weighted by molar-refractivity contribution is 0.521. The van der Waals surface area contributed by atoms with Crippen LogP contribution >= 0.6 is 0 Å². The van der Waals surface area contributed by atoms with E-state index in [0.717, 1.165) is 10.7 Å². The zero-order chi connectivity index (χ0) is 13.8. The third-order valence-electron chi connectivity index (χ3n) is 2.49. The summed E-state index contributed by atoms with van der Waals surface area (Å²) >= 11 is 0. The van der Waals surface area contributed by atoms with Crippen molar-refractivity contribution in [2.45, 2.75) is 11.3 Å². The summed E-state index contributed by atoms with van der Waals surface area (Å²) in [6, 6.07) is 4.93. The summed E-state index contributed by atoms with van der Waals surface area (Å²) in [4.78, 5) is 0.121. The van der Waals surface area contributed by atoms with Gasteiger partial charge in [0.2, 0.25) is 10.0 Å². The predicted molar refractivity (Wildman–Crippen MR) is 75.0 cm³/mol. The summed E-state index contributed by atoms with van der Waals surface area (Å²) in [6.07, 6.45) is 2.56. The molecule has 100 valence electrons. The third kappa shape index (κ3) is 3.02. The average molecular weight is 269 g/mol. The smallest absolute Gasteiger partial charge is 0.244 e. The first-order valence-electron chi connectivity index (χ1n) is 5.57. The lowest BCUT2D eigenvalue weighted by atomic mass is 10.2. The molecule has 1 rings (SSSR count). The lowest BCUT2D eigenvalue weighted by Crippen LogP contribution is -2.23. The quantitative estimate of drug-likeness (QED) is 0.466. The van der Waals surface area contributed by atoms with Gasteiger partial charge in [-0.15, -0.1) is 6.58 Å². The highest BCUT2D eigenvalue weighted by molar-refractivity contribution is 7.89. The number of para-hydroxylation sites is 1. The van der Waals surface area contributed by atoms with Crippen LogP contribution in [-0.2, 0) is 10.0 Å². The maximum absolute atomic E-state index is 12.0. The molecule has 0 aliphatic carbocycles. The third-order valence-corrected chi connectivity index (χ3v) is 4.36. The summed E-state index contributed by atoms with van der Waals surface area (Å²) in [5.41, 5.74) is 6.77. The zero-order valence-corrected chi connectivity index (χ0v) is 11.5. The number of sulfonamides is 1. The van der Waals surface area contributed by atoms with Gasteiger partial charge in [-0.25, -0.2) is 12.7 Å². The number of nitrogens with one attached hydrogen (secondary N) is 1. The van der Waals surface area contributed by atoms with E-state index in [4.69, 9.17) is 5.73 Å². The molecule has 3 N–H and O–H groups in total. The van der Waals surface area contributed by atoms with Crippen LogP contribution in [0.25, 0.3) is 0 Å². The molecule has 1 aromatic rings. The van der Waals surface area contributed by atoms with Crippen LogP contribution in [-0.4, -0.2) is 33.4 Å². The molecule has 0 aliphatic heterocycles.